The molecule has 142 valence electrons. The Labute approximate surface area is 146 Å². The van der Waals surface area contributed by atoms with Crippen LogP contribution in [0.3, 0.4) is 0 Å². The second-order valence-corrected chi connectivity index (χ2v) is 11.5. The maximum Gasteiger partial charge on any atom is 0.501 e. The van der Waals surface area contributed by atoms with Crippen LogP contribution in [0.5, 0.6) is 0 Å². The molecule has 3 rings (SSSR count). The molecule has 10 heteroatoms. The second-order valence-electron chi connectivity index (χ2n) is 7.20. The molecule has 0 amide bonds. The van der Waals surface area contributed by atoms with E-state index >= 15 is 0 Å². The number of quaternary nitrogens is 1. The lowest BCUT2D eigenvalue weighted by Gasteiger charge is -2.38. The lowest BCUT2D eigenvalue weighted by atomic mass is 10.3. The van der Waals surface area contributed by atoms with Crippen molar-refractivity contribution in [2.45, 2.75) is 18.9 Å². The summed E-state index contributed by atoms with van der Waals surface area (Å²) in [5, 5.41) is 0. The lowest BCUT2D eigenvalue weighted by molar-refractivity contribution is -0.890. The van der Waals surface area contributed by atoms with Crippen molar-refractivity contribution in [3.8, 4) is 0 Å². The third kappa shape index (κ3) is 7.04. The van der Waals surface area contributed by atoms with Crippen molar-refractivity contribution in [1.82, 2.24) is 4.90 Å². The fourth-order valence-corrected chi connectivity index (χ4v) is 6.15. The summed E-state index contributed by atoms with van der Waals surface area (Å²) >= 11 is 0. The molecular weight excluding hydrogens is 352 g/mol. The number of nitrogens with zero attached hydrogens (tertiary/aromatic N) is 2. The van der Waals surface area contributed by atoms with Crippen molar-refractivity contribution in [1.29, 1.82) is 0 Å². The van der Waals surface area contributed by atoms with Crippen LogP contribution in [0.1, 0.15) is 12.8 Å². The smallest absolute Gasteiger partial charge is 0.372 e. The maximum absolute atomic E-state index is 10.8. The first-order valence-corrected chi connectivity index (χ1v) is 12.2. The lowest BCUT2D eigenvalue weighted by Crippen LogP contribution is -2.55. The highest BCUT2D eigenvalue weighted by Crippen LogP contribution is 2.22. The summed E-state index contributed by atoms with van der Waals surface area (Å²) in [5.41, 5.74) is 0. The minimum absolute atomic E-state index is 0.181. The van der Waals surface area contributed by atoms with Gasteiger partial charge >= 0.3 is 8.80 Å². The molecule has 0 aromatic rings. The molecule has 0 aliphatic carbocycles. The van der Waals surface area contributed by atoms with E-state index in [0.717, 1.165) is 38.6 Å². The Bertz CT molecular complexity index is 475. The number of hydrogen-bond acceptors (Lipinski definition) is 6. The summed E-state index contributed by atoms with van der Waals surface area (Å²) in [5.74, 6) is -0.181. The molecule has 0 saturated carbocycles. The van der Waals surface area contributed by atoms with E-state index in [0.29, 0.717) is 37.3 Å². The zero-order valence-corrected chi connectivity index (χ0v) is 16.6. The standard InChI is InChI=1S/C14H30N2O6SSi/c1-16(2,8-3-13-23(17,18)19)9-4-14-24-20-10-5-15(6-11-21-24)7-12-22-24/h3-14H2,1-2H3/p+1. The first-order chi connectivity index (χ1) is 11.2. The predicted octanol–water partition coefficient (Wildman–Crippen LogP) is 0.0487. The molecule has 3 heterocycles. The molecule has 0 unspecified atom stereocenters. The van der Waals surface area contributed by atoms with Gasteiger partial charge in [0.1, 0.15) is 0 Å². The fraction of sp³-hybridized carbons (Fsp3) is 1.00. The van der Waals surface area contributed by atoms with Gasteiger partial charge in [0.2, 0.25) is 0 Å². The van der Waals surface area contributed by atoms with Gasteiger partial charge in [-0.2, -0.15) is 8.42 Å². The zero-order valence-electron chi connectivity index (χ0n) is 14.8. The van der Waals surface area contributed by atoms with Gasteiger partial charge < -0.3 is 17.8 Å². The van der Waals surface area contributed by atoms with Gasteiger partial charge in [0, 0.05) is 38.5 Å². The molecule has 24 heavy (non-hydrogen) atoms. The largest absolute Gasteiger partial charge is 0.501 e. The highest BCUT2D eigenvalue weighted by Gasteiger charge is 2.43. The average molecular weight is 384 g/mol. The Kier molecular flexibility index (Phi) is 7.20. The summed E-state index contributed by atoms with van der Waals surface area (Å²) < 4.78 is 49.2. The molecule has 3 fully saturated rings. The van der Waals surface area contributed by atoms with E-state index in [2.05, 4.69) is 19.0 Å². The molecule has 0 aromatic heterocycles. The van der Waals surface area contributed by atoms with E-state index in [9.17, 15) is 8.42 Å². The topological polar surface area (TPSA) is 85.3 Å². The van der Waals surface area contributed by atoms with E-state index in [1.165, 1.54) is 0 Å². The van der Waals surface area contributed by atoms with Crippen LogP contribution in [-0.4, -0.2) is 104 Å². The van der Waals surface area contributed by atoms with Crippen LogP contribution in [0.2, 0.25) is 6.04 Å². The average Bonchev–Trinajstić information content (AvgIpc) is 2.37. The summed E-state index contributed by atoms with van der Waals surface area (Å²) in [7, 11) is -2.29. The normalized spacial score (nSPS) is 29.0. The van der Waals surface area contributed by atoms with Gasteiger partial charge in [0.05, 0.1) is 52.8 Å². The van der Waals surface area contributed by atoms with E-state index in [-0.39, 0.29) is 5.75 Å². The number of hydrogen-bond donors (Lipinski definition) is 1. The number of rotatable bonds is 8. The molecule has 8 nitrogen and oxygen atoms in total. The SMILES string of the molecule is C[N+](C)(CCC[Si]12OCCN(CCO1)CCO2)CCCS(=O)(=O)O. The fourth-order valence-electron chi connectivity index (χ4n) is 3.18. The Hall–Kier alpha value is -0.0731. The van der Waals surface area contributed by atoms with Crippen LogP contribution < -0.4 is 0 Å². The van der Waals surface area contributed by atoms with Gasteiger partial charge in [0.15, 0.2) is 0 Å². The Morgan fingerprint density at radius 3 is 2.00 bits per heavy atom. The summed E-state index contributed by atoms with van der Waals surface area (Å²) in [6.07, 6.45) is 1.36. The molecule has 3 aliphatic heterocycles. The zero-order chi connectivity index (χ0) is 17.7. The van der Waals surface area contributed by atoms with Crippen molar-refractivity contribution >= 4 is 18.9 Å². The van der Waals surface area contributed by atoms with E-state index in [1.807, 2.05) is 0 Å². The summed E-state index contributed by atoms with van der Waals surface area (Å²) in [4.78, 5) is 2.30. The Morgan fingerprint density at radius 1 is 1.00 bits per heavy atom. The van der Waals surface area contributed by atoms with Crippen molar-refractivity contribution in [2.24, 2.45) is 0 Å². The van der Waals surface area contributed by atoms with Crippen molar-refractivity contribution in [2.75, 3.05) is 72.4 Å². The third-order valence-electron chi connectivity index (χ3n) is 4.60. The van der Waals surface area contributed by atoms with Crippen LogP contribution in [0.4, 0.5) is 0 Å². The Morgan fingerprint density at radius 2 is 1.50 bits per heavy atom. The minimum atomic E-state index is -3.87. The molecule has 0 radical (unpaired) electrons. The molecule has 1 N–H and O–H groups in total. The van der Waals surface area contributed by atoms with Gasteiger partial charge in [0.25, 0.3) is 10.1 Å². The van der Waals surface area contributed by atoms with Gasteiger partial charge in [-0.25, -0.2) is 0 Å². The quantitative estimate of drug-likeness (QED) is 0.360. The molecule has 3 saturated heterocycles. The molecule has 3 aliphatic rings. The van der Waals surface area contributed by atoms with E-state index in [1.54, 1.807) is 0 Å². The molecule has 0 spiro atoms. The molecule has 0 aromatic carbocycles. The Balaban J connectivity index is 1.78. The summed E-state index contributed by atoms with van der Waals surface area (Å²) in [6.45, 7) is 6.42. The third-order valence-corrected chi connectivity index (χ3v) is 8.30. The van der Waals surface area contributed by atoms with Crippen LogP contribution in [-0.2, 0) is 23.4 Å². The van der Waals surface area contributed by atoms with Gasteiger partial charge in [-0.15, -0.1) is 0 Å². The first kappa shape index (κ1) is 20.2. The van der Waals surface area contributed by atoms with Gasteiger partial charge in [-0.1, -0.05) is 0 Å². The van der Waals surface area contributed by atoms with Crippen molar-refractivity contribution in [3.63, 3.8) is 0 Å². The van der Waals surface area contributed by atoms with Crippen LogP contribution in [0, 0.1) is 0 Å². The highest BCUT2D eigenvalue weighted by molar-refractivity contribution is 7.85. The molecular formula is C14H31N2O6SSi+. The van der Waals surface area contributed by atoms with Crippen molar-refractivity contribution in [3.05, 3.63) is 0 Å². The summed E-state index contributed by atoms with van der Waals surface area (Å²) in [6, 6.07) is 0.799. The van der Waals surface area contributed by atoms with Gasteiger partial charge in [-0.3, -0.25) is 9.45 Å². The predicted molar refractivity (Wildman–Crippen MR) is 92.3 cm³/mol. The van der Waals surface area contributed by atoms with Crippen LogP contribution >= 0.6 is 0 Å². The van der Waals surface area contributed by atoms with E-state index in [4.69, 9.17) is 17.8 Å². The monoisotopic (exact) mass is 383 g/mol. The van der Waals surface area contributed by atoms with Crippen molar-refractivity contribution < 1.29 is 30.7 Å². The van der Waals surface area contributed by atoms with E-state index < -0.39 is 18.9 Å². The van der Waals surface area contributed by atoms with Crippen LogP contribution in [0.25, 0.3) is 0 Å². The molecule has 0 atom stereocenters. The molecule has 2 bridgehead atoms. The first-order valence-electron chi connectivity index (χ1n) is 8.61. The van der Waals surface area contributed by atoms with Crippen LogP contribution in [0.15, 0.2) is 0 Å². The second kappa shape index (κ2) is 8.54. The minimum Gasteiger partial charge on any atom is -0.372 e. The highest BCUT2D eigenvalue weighted by atomic mass is 32.2. The van der Waals surface area contributed by atoms with Gasteiger partial charge in [-0.05, 0) is 0 Å². The number of fused-ring (bicyclic) bond motifs is 6. The maximum atomic E-state index is 10.8.